The van der Waals surface area contributed by atoms with Crippen LogP contribution in [0.1, 0.15) is 44.3 Å². The highest BCUT2D eigenvalue weighted by Gasteiger charge is 2.30. The zero-order valence-corrected chi connectivity index (χ0v) is 15.4. The molecule has 0 bridgehead atoms. The highest BCUT2D eigenvalue weighted by Crippen LogP contribution is 2.24. The van der Waals surface area contributed by atoms with Gasteiger partial charge in [-0.05, 0) is 50.4 Å². The first-order valence-electron chi connectivity index (χ1n) is 9.60. The van der Waals surface area contributed by atoms with E-state index in [1.165, 1.54) is 12.1 Å². The van der Waals surface area contributed by atoms with Crippen LogP contribution in [0.3, 0.4) is 0 Å². The number of ether oxygens (including phenoxy) is 1. The molecule has 1 N–H and O–H groups in total. The summed E-state index contributed by atoms with van der Waals surface area (Å²) in [6, 6.07) is 6.57. The summed E-state index contributed by atoms with van der Waals surface area (Å²) in [5.41, 5.74) is 0.897. The molecule has 0 saturated carbocycles. The van der Waals surface area contributed by atoms with Crippen molar-refractivity contribution < 1.29 is 19.0 Å². The van der Waals surface area contributed by atoms with E-state index in [4.69, 9.17) is 4.74 Å². The normalized spacial score (nSPS) is 25.9. The minimum Gasteiger partial charge on any atom is -0.393 e. The molecule has 3 atom stereocenters. The van der Waals surface area contributed by atoms with Gasteiger partial charge in [-0.15, -0.1) is 0 Å². The Kier molecular flexibility index (Phi) is 6.62. The van der Waals surface area contributed by atoms with Crippen LogP contribution in [0.25, 0.3) is 0 Å². The van der Waals surface area contributed by atoms with Crippen LogP contribution in [0.4, 0.5) is 4.39 Å². The SMILES string of the molecule is C[C@H](O)C[C@H]1CCCCN1CC(=O)N1CCO[C@@H](c2ccc(F)cc2)C1. The lowest BCUT2D eigenvalue weighted by molar-refractivity contribution is -0.141. The molecule has 3 rings (SSSR count). The van der Waals surface area contributed by atoms with Gasteiger partial charge in [0.05, 0.1) is 25.8 Å². The number of morpholine rings is 1. The van der Waals surface area contributed by atoms with E-state index in [2.05, 4.69) is 4.90 Å². The average molecular weight is 364 g/mol. The number of amides is 1. The van der Waals surface area contributed by atoms with E-state index in [1.807, 2.05) is 11.8 Å². The lowest BCUT2D eigenvalue weighted by Crippen LogP contribution is -2.50. The number of halogens is 1. The number of nitrogens with zero attached hydrogens (tertiary/aromatic N) is 2. The Hall–Kier alpha value is -1.50. The minimum atomic E-state index is -0.345. The Bertz CT molecular complexity index is 593. The maximum atomic E-state index is 13.1. The maximum absolute atomic E-state index is 13.1. The quantitative estimate of drug-likeness (QED) is 0.871. The molecule has 0 radical (unpaired) electrons. The summed E-state index contributed by atoms with van der Waals surface area (Å²) in [7, 11) is 0. The fraction of sp³-hybridized carbons (Fsp3) is 0.650. The van der Waals surface area contributed by atoms with Crippen molar-refractivity contribution in [2.75, 3.05) is 32.8 Å². The van der Waals surface area contributed by atoms with Gasteiger partial charge in [0.2, 0.25) is 5.91 Å². The lowest BCUT2D eigenvalue weighted by Gasteiger charge is -2.39. The zero-order chi connectivity index (χ0) is 18.5. The molecule has 144 valence electrons. The van der Waals surface area contributed by atoms with Crippen molar-refractivity contribution in [2.24, 2.45) is 0 Å². The van der Waals surface area contributed by atoms with Crippen molar-refractivity contribution in [3.63, 3.8) is 0 Å². The Morgan fingerprint density at radius 1 is 1.31 bits per heavy atom. The Morgan fingerprint density at radius 2 is 2.08 bits per heavy atom. The topological polar surface area (TPSA) is 53.0 Å². The molecule has 2 heterocycles. The number of piperidine rings is 1. The number of rotatable bonds is 5. The van der Waals surface area contributed by atoms with Crippen LogP contribution in [0.5, 0.6) is 0 Å². The van der Waals surface area contributed by atoms with Gasteiger partial charge in [0, 0.05) is 12.6 Å². The molecule has 2 aliphatic heterocycles. The number of carbonyl (C=O) groups is 1. The fourth-order valence-electron chi connectivity index (χ4n) is 3.96. The van der Waals surface area contributed by atoms with E-state index in [1.54, 1.807) is 12.1 Å². The third-order valence-corrected chi connectivity index (χ3v) is 5.36. The molecule has 1 amide bonds. The van der Waals surface area contributed by atoms with Crippen molar-refractivity contribution >= 4 is 5.91 Å². The first-order valence-corrected chi connectivity index (χ1v) is 9.60. The van der Waals surface area contributed by atoms with Crippen molar-refractivity contribution in [3.05, 3.63) is 35.6 Å². The summed E-state index contributed by atoms with van der Waals surface area (Å²) in [5, 5.41) is 9.72. The predicted molar refractivity (Wildman–Crippen MR) is 97.2 cm³/mol. The van der Waals surface area contributed by atoms with Crippen LogP contribution in [-0.4, -0.2) is 65.7 Å². The highest BCUT2D eigenvalue weighted by molar-refractivity contribution is 5.78. The largest absolute Gasteiger partial charge is 0.393 e. The third kappa shape index (κ3) is 5.02. The van der Waals surface area contributed by atoms with Gasteiger partial charge in [-0.25, -0.2) is 4.39 Å². The third-order valence-electron chi connectivity index (χ3n) is 5.36. The van der Waals surface area contributed by atoms with Gasteiger partial charge in [-0.3, -0.25) is 9.69 Å². The van der Waals surface area contributed by atoms with E-state index in [9.17, 15) is 14.3 Å². The van der Waals surface area contributed by atoms with Gasteiger partial charge in [0.15, 0.2) is 0 Å². The van der Waals surface area contributed by atoms with E-state index >= 15 is 0 Å². The van der Waals surface area contributed by atoms with Gasteiger partial charge < -0.3 is 14.7 Å². The van der Waals surface area contributed by atoms with Crippen LogP contribution >= 0.6 is 0 Å². The lowest BCUT2D eigenvalue weighted by atomic mass is 9.97. The summed E-state index contributed by atoms with van der Waals surface area (Å²) in [6.07, 6.45) is 3.47. The predicted octanol–water partition coefficient (Wildman–Crippen LogP) is 2.35. The number of aliphatic hydroxyl groups is 1. The number of benzene rings is 1. The second-order valence-electron chi connectivity index (χ2n) is 7.46. The summed E-state index contributed by atoms with van der Waals surface area (Å²) in [6.45, 7) is 4.70. The Balaban J connectivity index is 1.59. The summed E-state index contributed by atoms with van der Waals surface area (Å²) >= 11 is 0. The summed E-state index contributed by atoms with van der Waals surface area (Å²) in [4.78, 5) is 16.9. The molecular formula is C20H29FN2O3. The second-order valence-corrected chi connectivity index (χ2v) is 7.46. The molecule has 26 heavy (non-hydrogen) atoms. The zero-order valence-electron chi connectivity index (χ0n) is 15.4. The van der Waals surface area contributed by atoms with Gasteiger partial charge in [0.1, 0.15) is 11.9 Å². The molecule has 0 spiro atoms. The molecule has 0 aromatic heterocycles. The number of hydrogen-bond acceptors (Lipinski definition) is 4. The Labute approximate surface area is 154 Å². The van der Waals surface area contributed by atoms with Crippen LogP contribution in [0.15, 0.2) is 24.3 Å². The molecule has 1 aromatic carbocycles. The Morgan fingerprint density at radius 3 is 2.81 bits per heavy atom. The van der Waals surface area contributed by atoms with Crippen LogP contribution in [-0.2, 0) is 9.53 Å². The maximum Gasteiger partial charge on any atom is 0.236 e. The van der Waals surface area contributed by atoms with Crippen molar-refractivity contribution in [3.8, 4) is 0 Å². The average Bonchev–Trinajstić information content (AvgIpc) is 2.63. The smallest absolute Gasteiger partial charge is 0.236 e. The second kappa shape index (κ2) is 8.93. The van der Waals surface area contributed by atoms with Gasteiger partial charge in [-0.2, -0.15) is 0 Å². The monoisotopic (exact) mass is 364 g/mol. The van der Waals surface area contributed by atoms with Crippen LogP contribution < -0.4 is 0 Å². The number of carbonyl (C=O) groups excluding carboxylic acids is 1. The molecule has 0 unspecified atom stereocenters. The molecular weight excluding hydrogens is 335 g/mol. The van der Waals surface area contributed by atoms with Gasteiger partial charge in [-0.1, -0.05) is 18.6 Å². The highest BCUT2D eigenvalue weighted by atomic mass is 19.1. The summed E-state index contributed by atoms with van der Waals surface area (Å²) in [5.74, 6) is -0.162. The first kappa shape index (κ1) is 19.3. The molecule has 6 heteroatoms. The molecule has 2 fully saturated rings. The minimum absolute atomic E-state index is 0.109. The first-order chi connectivity index (χ1) is 12.5. The molecule has 5 nitrogen and oxygen atoms in total. The molecule has 1 aromatic rings. The van der Waals surface area contributed by atoms with Crippen LogP contribution in [0.2, 0.25) is 0 Å². The van der Waals surface area contributed by atoms with Gasteiger partial charge >= 0.3 is 0 Å². The van der Waals surface area contributed by atoms with Crippen molar-refractivity contribution in [2.45, 2.75) is 50.9 Å². The van der Waals surface area contributed by atoms with Crippen LogP contribution in [0, 0.1) is 5.82 Å². The molecule has 2 saturated heterocycles. The van der Waals surface area contributed by atoms with E-state index in [-0.39, 0.29) is 30.0 Å². The standard InChI is InChI=1S/C20H29FN2O3/c1-15(24)12-18-4-2-3-9-22(18)14-20(25)23-10-11-26-19(13-23)16-5-7-17(21)8-6-16/h5-8,15,18-19,24H,2-4,9-14H2,1H3/t15-,18+,19+/m0/s1. The molecule has 0 aliphatic carbocycles. The van der Waals surface area contributed by atoms with Gasteiger partial charge in [0.25, 0.3) is 0 Å². The van der Waals surface area contributed by atoms with Crippen molar-refractivity contribution in [1.82, 2.24) is 9.80 Å². The van der Waals surface area contributed by atoms with E-state index in [0.717, 1.165) is 31.4 Å². The number of likely N-dealkylation sites (tertiary alicyclic amines) is 1. The fourth-order valence-corrected chi connectivity index (χ4v) is 3.96. The van der Waals surface area contributed by atoms with E-state index < -0.39 is 0 Å². The molecule has 2 aliphatic rings. The van der Waals surface area contributed by atoms with Crippen molar-refractivity contribution in [1.29, 1.82) is 0 Å². The summed E-state index contributed by atoms with van der Waals surface area (Å²) < 4.78 is 18.9. The van der Waals surface area contributed by atoms with E-state index in [0.29, 0.717) is 32.7 Å². The number of aliphatic hydroxyl groups excluding tert-OH is 1. The number of hydrogen-bond donors (Lipinski definition) is 1.